The highest BCUT2D eigenvalue weighted by Gasteiger charge is 2.26. The van der Waals surface area contributed by atoms with Crippen molar-refractivity contribution in [3.05, 3.63) is 112 Å². The van der Waals surface area contributed by atoms with Gasteiger partial charge in [0.15, 0.2) is 0 Å². The summed E-state index contributed by atoms with van der Waals surface area (Å²) < 4.78 is 0. The molecule has 3 aromatic carbocycles. The summed E-state index contributed by atoms with van der Waals surface area (Å²) in [5, 5.41) is 26.9. The van der Waals surface area contributed by atoms with Gasteiger partial charge in [-0.3, -0.25) is 4.79 Å². The molecule has 1 aliphatic heterocycles. The highest BCUT2D eigenvalue weighted by atomic mass is 35.5. The maximum Gasteiger partial charge on any atom is 0.300 e. The Morgan fingerprint density at radius 2 is 1.65 bits per heavy atom. The van der Waals surface area contributed by atoms with Gasteiger partial charge in [-0.05, 0) is 111 Å². The number of carboxylic acids is 1. The van der Waals surface area contributed by atoms with Gasteiger partial charge in [-0.25, -0.2) is 4.98 Å². The van der Waals surface area contributed by atoms with Crippen LogP contribution in [0.15, 0.2) is 78.9 Å². The van der Waals surface area contributed by atoms with Crippen LogP contribution < -0.4 is 10.6 Å². The van der Waals surface area contributed by atoms with E-state index in [-0.39, 0.29) is 5.92 Å². The fourth-order valence-electron chi connectivity index (χ4n) is 5.76. The number of pyridine rings is 1. The second-order valence-electron chi connectivity index (χ2n) is 13.7. The van der Waals surface area contributed by atoms with Crippen LogP contribution >= 0.6 is 23.4 Å². The lowest BCUT2D eigenvalue weighted by Gasteiger charge is -2.27. The van der Waals surface area contributed by atoms with E-state index in [1.165, 1.54) is 29.7 Å². The molecule has 6 nitrogen and oxygen atoms in total. The minimum absolute atomic E-state index is 0.226. The maximum absolute atomic E-state index is 10.9. The van der Waals surface area contributed by atoms with Crippen LogP contribution in [0.25, 0.3) is 23.1 Å². The van der Waals surface area contributed by atoms with Crippen LogP contribution in [0.2, 0.25) is 5.02 Å². The fraction of sp³-hybridized carbons (Fsp3) is 0.415. The molecule has 1 unspecified atom stereocenters. The lowest BCUT2D eigenvalue weighted by molar-refractivity contribution is -0.134. The van der Waals surface area contributed by atoms with Gasteiger partial charge >= 0.3 is 0 Å². The van der Waals surface area contributed by atoms with Gasteiger partial charge < -0.3 is 20.8 Å². The zero-order chi connectivity index (χ0) is 35.4. The smallest absolute Gasteiger partial charge is 0.300 e. The third-order valence-electron chi connectivity index (χ3n) is 8.58. The molecule has 4 N–H and O–H groups in total. The summed E-state index contributed by atoms with van der Waals surface area (Å²) in [6.07, 6.45) is 8.02. The molecule has 1 saturated carbocycles. The summed E-state index contributed by atoms with van der Waals surface area (Å²) in [5.74, 6) is 2.71. The zero-order valence-electron chi connectivity index (χ0n) is 29.5. The molecule has 0 amide bonds. The number of carboxylic acid groups (broad SMARTS) is 1. The lowest BCUT2D eigenvalue weighted by Crippen LogP contribution is -2.51. The molecule has 4 aromatic rings. The topological polar surface area (TPSA) is 94.5 Å². The van der Waals surface area contributed by atoms with Crippen LogP contribution in [-0.4, -0.2) is 57.8 Å². The third-order valence-corrected chi connectivity index (χ3v) is 10.0. The first kappa shape index (κ1) is 38.6. The van der Waals surface area contributed by atoms with Crippen molar-refractivity contribution in [3.63, 3.8) is 0 Å². The number of nitrogens with zero attached hydrogens (tertiary/aromatic N) is 1. The number of aromatic nitrogens is 1. The molecule has 1 aliphatic carbocycles. The number of aliphatic carboxylic acids is 1. The van der Waals surface area contributed by atoms with E-state index in [1.807, 2.05) is 44.2 Å². The summed E-state index contributed by atoms with van der Waals surface area (Å²) in [6.45, 7) is 11.5. The van der Waals surface area contributed by atoms with E-state index in [4.69, 9.17) is 26.5 Å². The molecule has 1 saturated heterocycles. The number of aliphatic hydroxyl groups is 1. The average Bonchev–Trinajstić information content (AvgIpc) is 3.89. The Morgan fingerprint density at radius 3 is 2.31 bits per heavy atom. The van der Waals surface area contributed by atoms with Crippen molar-refractivity contribution in [1.82, 2.24) is 15.6 Å². The maximum atomic E-state index is 10.9. The summed E-state index contributed by atoms with van der Waals surface area (Å²) in [6, 6.07) is 28.4. The van der Waals surface area contributed by atoms with Crippen LogP contribution in [0, 0.1) is 5.92 Å². The van der Waals surface area contributed by atoms with Gasteiger partial charge in [0.25, 0.3) is 5.97 Å². The first-order valence-electron chi connectivity index (χ1n) is 17.3. The van der Waals surface area contributed by atoms with E-state index in [0.717, 1.165) is 65.8 Å². The number of nitrogens with one attached hydrogen (secondary N) is 2. The van der Waals surface area contributed by atoms with Crippen molar-refractivity contribution in [2.45, 2.75) is 77.5 Å². The molecule has 3 atom stereocenters. The average molecular weight is 702 g/mol. The van der Waals surface area contributed by atoms with Gasteiger partial charge in [0.05, 0.1) is 16.8 Å². The predicted molar refractivity (Wildman–Crippen MR) is 209 cm³/mol. The molecule has 262 valence electrons. The van der Waals surface area contributed by atoms with Crippen molar-refractivity contribution in [2.24, 2.45) is 5.92 Å². The highest BCUT2D eigenvalue weighted by Crippen LogP contribution is 2.38. The van der Waals surface area contributed by atoms with Crippen LogP contribution in [0.5, 0.6) is 0 Å². The Balaban J connectivity index is 0.000000383. The Morgan fingerprint density at radius 1 is 0.980 bits per heavy atom. The number of rotatable bonds is 10. The van der Waals surface area contributed by atoms with E-state index < -0.39 is 11.6 Å². The standard InChI is InChI=1S/C33H34ClNOS.C6H14N2.C2H4O2/c1-33(2,36)31-9-4-3-8-30(31)29(18-19-37-22-24-10-11-24)26-7-5-6-23(20-26)12-16-28-17-14-25-13-15-27(34)21-32(25)35-28;1-5-3-8-6(2)4-7-5;1-2(3)4/h3-9,12-17,20-21,24,29,36H,10-11,18-19,22H2,1-2H3;5-8H,3-4H2,1-2H3;1H3,(H,3,4)/t;5-,6+;. The Kier molecular flexibility index (Phi) is 14.7. The van der Waals surface area contributed by atoms with Crippen molar-refractivity contribution >= 4 is 52.4 Å². The summed E-state index contributed by atoms with van der Waals surface area (Å²) in [4.78, 5) is 13.8. The number of carbonyl (C=O) groups is 1. The minimum Gasteiger partial charge on any atom is -0.481 e. The zero-order valence-corrected chi connectivity index (χ0v) is 31.0. The number of hydrogen-bond donors (Lipinski definition) is 4. The Hall–Kier alpha value is -3.20. The van der Waals surface area contributed by atoms with E-state index in [2.05, 4.69) is 96.9 Å². The first-order valence-corrected chi connectivity index (χ1v) is 18.8. The molecular weight excluding hydrogens is 650 g/mol. The molecule has 0 bridgehead atoms. The number of halogens is 1. The minimum atomic E-state index is -0.891. The SMILES string of the molecule is CC(=O)O.CC(C)(O)c1ccccc1C(CCSCC1CC1)c1cccc(C=Cc2ccc3ccc(Cl)cc3n2)c1.C[C@@H]1CN[C@@H](C)CN1. The number of fused-ring (bicyclic) bond motifs is 1. The monoisotopic (exact) mass is 701 g/mol. The number of hydrogen-bond acceptors (Lipinski definition) is 6. The van der Waals surface area contributed by atoms with E-state index in [1.54, 1.807) is 0 Å². The van der Waals surface area contributed by atoms with Gasteiger partial charge in [-0.1, -0.05) is 78.3 Å². The second-order valence-corrected chi connectivity index (χ2v) is 15.3. The van der Waals surface area contributed by atoms with Gasteiger partial charge in [-0.15, -0.1) is 0 Å². The van der Waals surface area contributed by atoms with Crippen LogP contribution in [-0.2, 0) is 10.4 Å². The number of piperazine rings is 1. The molecule has 49 heavy (non-hydrogen) atoms. The molecule has 0 spiro atoms. The van der Waals surface area contributed by atoms with E-state index in [9.17, 15) is 5.11 Å². The summed E-state index contributed by atoms with van der Waals surface area (Å²) >= 11 is 8.24. The van der Waals surface area contributed by atoms with Gasteiger partial charge in [-0.2, -0.15) is 11.8 Å². The number of thioether (sulfide) groups is 1. The van der Waals surface area contributed by atoms with Gasteiger partial charge in [0, 0.05) is 48.4 Å². The second kappa shape index (κ2) is 18.7. The van der Waals surface area contributed by atoms with Crippen molar-refractivity contribution < 1.29 is 15.0 Å². The molecule has 0 radical (unpaired) electrons. The van der Waals surface area contributed by atoms with E-state index >= 15 is 0 Å². The van der Waals surface area contributed by atoms with Gasteiger partial charge in [0.2, 0.25) is 0 Å². The van der Waals surface area contributed by atoms with Crippen LogP contribution in [0.4, 0.5) is 0 Å². The normalized spacial score (nSPS) is 18.3. The highest BCUT2D eigenvalue weighted by molar-refractivity contribution is 7.99. The molecule has 2 fully saturated rings. The molecular formula is C41H52ClN3O3S. The van der Waals surface area contributed by atoms with Crippen molar-refractivity contribution in [3.8, 4) is 0 Å². The largest absolute Gasteiger partial charge is 0.481 e. The molecule has 8 heteroatoms. The summed E-state index contributed by atoms with van der Waals surface area (Å²) in [5.41, 5.74) is 5.56. The Bertz CT molecular complexity index is 1660. The van der Waals surface area contributed by atoms with Crippen molar-refractivity contribution in [2.75, 3.05) is 24.6 Å². The first-order chi connectivity index (χ1) is 23.4. The van der Waals surface area contributed by atoms with Gasteiger partial charge in [0.1, 0.15) is 0 Å². The molecule has 2 heterocycles. The number of benzene rings is 3. The fourth-order valence-corrected chi connectivity index (χ4v) is 7.16. The van der Waals surface area contributed by atoms with Crippen molar-refractivity contribution in [1.29, 1.82) is 0 Å². The lowest BCUT2D eigenvalue weighted by atomic mass is 9.81. The summed E-state index contributed by atoms with van der Waals surface area (Å²) in [7, 11) is 0. The van der Waals surface area contributed by atoms with Crippen LogP contribution in [0.1, 0.15) is 87.7 Å². The van der Waals surface area contributed by atoms with E-state index in [0.29, 0.717) is 17.1 Å². The molecule has 1 aromatic heterocycles. The third kappa shape index (κ3) is 13.2. The predicted octanol–water partition coefficient (Wildman–Crippen LogP) is 9.00. The molecule has 6 rings (SSSR count). The van der Waals surface area contributed by atoms with Crippen LogP contribution in [0.3, 0.4) is 0 Å². The Labute approximate surface area is 301 Å². The molecule has 2 aliphatic rings. The quantitative estimate of drug-likeness (QED) is 0.123.